The average Bonchev–Trinajstić information content (AvgIpc) is 2.93. The number of rotatable bonds is 9. The summed E-state index contributed by atoms with van der Waals surface area (Å²) < 4.78 is 54.6. The molecule has 4 rings (SSSR count). The molecular formula is C26H26N6O5S3. The highest BCUT2D eigenvalue weighted by atomic mass is 32.2. The standard InChI is InChI=1S/C26H26N6O5S3/c1-3-32(4-2)40(36,37)21-13-9-18(10-14-21)25(33)30-26(38)28-19-11-15-20(16-12-19)39(34,35)31-24-17-27-22-7-5-6-8-23(22)29-24/h5-17H,3-4H2,1-2H3,(H,29,31)(H2,28,30,33,38). The fourth-order valence-corrected chi connectivity index (χ4v) is 6.40. The van der Waals surface area contributed by atoms with Crippen LogP contribution in [-0.2, 0) is 20.0 Å². The zero-order chi connectivity index (χ0) is 28.9. The highest BCUT2D eigenvalue weighted by molar-refractivity contribution is 7.92. The van der Waals surface area contributed by atoms with Gasteiger partial charge in [0.25, 0.3) is 15.9 Å². The van der Waals surface area contributed by atoms with Crippen molar-refractivity contribution in [3.63, 3.8) is 0 Å². The van der Waals surface area contributed by atoms with Gasteiger partial charge in [0.05, 0.1) is 27.0 Å². The third kappa shape index (κ3) is 6.59. The molecule has 40 heavy (non-hydrogen) atoms. The van der Waals surface area contributed by atoms with Crippen LogP contribution in [0.5, 0.6) is 0 Å². The van der Waals surface area contributed by atoms with Crippen molar-refractivity contribution >= 4 is 65.8 Å². The lowest BCUT2D eigenvalue weighted by Gasteiger charge is -2.18. The number of aromatic nitrogens is 2. The molecule has 0 spiro atoms. The van der Waals surface area contributed by atoms with Crippen molar-refractivity contribution in [1.82, 2.24) is 19.6 Å². The predicted molar refractivity (Wildman–Crippen MR) is 157 cm³/mol. The van der Waals surface area contributed by atoms with Gasteiger partial charge in [-0.05, 0) is 72.9 Å². The van der Waals surface area contributed by atoms with Gasteiger partial charge in [0, 0.05) is 24.3 Å². The van der Waals surface area contributed by atoms with E-state index in [2.05, 4.69) is 25.3 Å². The van der Waals surface area contributed by atoms with Crippen molar-refractivity contribution in [2.24, 2.45) is 0 Å². The summed E-state index contributed by atoms with van der Waals surface area (Å²) in [5, 5.41) is 5.31. The van der Waals surface area contributed by atoms with E-state index in [0.29, 0.717) is 29.8 Å². The van der Waals surface area contributed by atoms with Crippen LogP contribution in [-0.4, -0.2) is 55.2 Å². The molecule has 11 nitrogen and oxygen atoms in total. The number of sulfonamides is 2. The molecule has 4 aromatic rings. The molecule has 0 saturated heterocycles. The lowest BCUT2D eigenvalue weighted by atomic mass is 10.2. The number of hydrogen-bond acceptors (Lipinski definition) is 8. The van der Waals surface area contributed by atoms with Gasteiger partial charge in [-0.2, -0.15) is 4.31 Å². The summed E-state index contributed by atoms with van der Waals surface area (Å²) in [4.78, 5) is 21.1. The summed E-state index contributed by atoms with van der Waals surface area (Å²) in [7, 11) is -7.57. The summed E-state index contributed by atoms with van der Waals surface area (Å²) >= 11 is 5.20. The molecule has 0 aliphatic carbocycles. The van der Waals surface area contributed by atoms with Crippen LogP contribution in [0.3, 0.4) is 0 Å². The third-order valence-electron chi connectivity index (χ3n) is 5.80. The zero-order valence-electron chi connectivity index (χ0n) is 21.5. The molecule has 14 heteroatoms. The van der Waals surface area contributed by atoms with E-state index >= 15 is 0 Å². The highest BCUT2D eigenvalue weighted by Crippen LogP contribution is 2.19. The Labute approximate surface area is 237 Å². The quantitative estimate of drug-likeness (QED) is 0.246. The fraction of sp³-hybridized carbons (Fsp3) is 0.154. The number of benzene rings is 3. The average molecular weight is 599 g/mol. The second-order valence-corrected chi connectivity index (χ2v) is 12.4. The number of hydrogen-bond donors (Lipinski definition) is 3. The first-order valence-corrected chi connectivity index (χ1v) is 15.4. The van der Waals surface area contributed by atoms with E-state index in [0.717, 1.165) is 0 Å². The van der Waals surface area contributed by atoms with E-state index in [1.807, 2.05) is 6.07 Å². The van der Waals surface area contributed by atoms with Crippen LogP contribution < -0.4 is 15.4 Å². The molecule has 0 bridgehead atoms. The van der Waals surface area contributed by atoms with Crippen LogP contribution in [0.25, 0.3) is 11.0 Å². The second-order valence-electron chi connectivity index (χ2n) is 8.40. The molecule has 0 saturated carbocycles. The maximum atomic E-state index is 12.8. The van der Waals surface area contributed by atoms with Gasteiger partial charge < -0.3 is 5.32 Å². The molecule has 0 aliphatic rings. The Kier molecular flexibility index (Phi) is 8.73. The fourth-order valence-electron chi connectivity index (χ4n) is 3.75. The number of nitrogens with one attached hydrogen (secondary N) is 3. The minimum Gasteiger partial charge on any atom is -0.332 e. The van der Waals surface area contributed by atoms with Gasteiger partial charge >= 0.3 is 0 Å². The SMILES string of the molecule is CCN(CC)S(=O)(=O)c1ccc(C(=O)NC(=S)Nc2ccc(S(=O)(=O)Nc3cnc4ccccc4n3)cc2)cc1. The van der Waals surface area contributed by atoms with E-state index in [1.54, 1.807) is 32.0 Å². The molecule has 1 amide bonds. The van der Waals surface area contributed by atoms with Crippen molar-refractivity contribution in [3.8, 4) is 0 Å². The van der Waals surface area contributed by atoms with Gasteiger partial charge in [-0.25, -0.2) is 21.8 Å². The number of thiocarbonyl (C=S) groups is 1. The topological polar surface area (TPSA) is 150 Å². The molecule has 0 unspecified atom stereocenters. The lowest BCUT2D eigenvalue weighted by molar-refractivity contribution is 0.0977. The van der Waals surface area contributed by atoms with Gasteiger partial charge in [-0.15, -0.1) is 0 Å². The number of fused-ring (bicyclic) bond motifs is 1. The first-order valence-electron chi connectivity index (χ1n) is 12.1. The minimum absolute atomic E-state index is 0.0114. The number of carbonyl (C=O) groups excluding carboxylic acids is 1. The minimum atomic E-state index is -3.93. The third-order valence-corrected chi connectivity index (χ3v) is 9.44. The van der Waals surface area contributed by atoms with E-state index in [4.69, 9.17) is 12.2 Å². The van der Waals surface area contributed by atoms with Crippen LogP contribution in [0.1, 0.15) is 24.2 Å². The normalized spacial score (nSPS) is 11.8. The summed E-state index contributed by atoms with van der Waals surface area (Å²) in [6.45, 7) is 4.18. The summed E-state index contributed by atoms with van der Waals surface area (Å²) in [6.07, 6.45) is 1.34. The van der Waals surface area contributed by atoms with Crippen molar-refractivity contribution < 1.29 is 21.6 Å². The van der Waals surface area contributed by atoms with Crippen molar-refractivity contribution in [2.75, 3.05) is 23.1 Å². The van der Waals surface area contributed by atoms with Crippen LogP contribution in [0, 0.1) is 0 Å². The smallest absolute Gasteiger partial charge is 0.263 e. The number of anilines is 2. The first kappa shape index (κ1) is 29.0. The molecule has 0 radical (unpaired) electrons. The molecular weight excluding hydrogens is 573 g/mol. The van der Waals surface area contributed by atoms with E-state index in [1.165, 1.54) is 59.0 Å². The van der Waals surface area contributed by atoms with E-state index in [9.17, 15) is 21.6 Å². The first-order chi connectivity index (χ1) is 19.0. The maximum Gasteiger partial charge on any atom is 0.263 e. The Morgan fingerprint density at radius 2 is 1.45 bits per heavy atom. The van der Waals surface area contributed by atoms with Crippen LogP contribution in [0.4, 0.5) is 11.5 Å². The molecule has 208 valence electrons. The van der Waals surface area contributed by atoms with Crippen molar-refractivity contribution in [1.29, 1.82) is 0 Å². The van der Waals surface area contributed by atoms with Crippen LogP contribution >= 0.6 is 12.2 Å². The zero-order valence-corrected chi connectivity index (χ0v) is 24.0. The van der Waals surface area contributed by atoms with Gasteiger partial charge in [0.15, 0.2) is 10.9 Å². The number of amides is 1. The molecule has 3 aromatic carbocycles. The molecule has 1 heterocycles. The second kappa shape index (κ2) is 12.0. The monoisotopic (exact) mass is 598 g/mol. The number of nitrogens with zero attached hydrogens (tertiary/aromatic N) is 3. The Morgan fingerprint density at radius 3 is 2.08 bits per heavy atom. The molecule has 3 N–H and O–H groups in total. The Hall–Kier alpha value is -3.98. The highest BCUT2D eigenvalue weighted by Gasteiger charge is 2.22. The Morgan fingerprint density at radius 1 is 0.850 bits per heavy atom. The molecule has 1 aromatic heterocycles. The molecule has 0 fully saturated rings. The van der Waals surface area contributed by atoms with Gasteiger partial charge in [-0.1, -0.05) is 26.0 Å². The Bertz CT molecular complexity index is 1760. The summed E-state index contributed by atoms with van der Waals surface area (Å²) in [5.41, 5.74) is 1.85. The molecule has 0 aliphatic heterocycles. The van der Waals surface area contributed by atoms with Crippen LogP contribution in [0.2, 0.25) is 0 Å². The van der Waals surface area contributed by atoms with Crippen molar-refractivity contribution in [2.45, 2.75) is 23.6 Å². The van der Waals surface area contributed by atoms with Gasteiger partial charge in [-0.3, -0.25) is 19.8 Å². The summed E-state index contributed by atoms with van der Waals surface area (Å²) in [5.74, 6) is -0.451. The Balaban J connectivity index is 1.37. The predicted octanol–water partition coefficient (Wildman–Crippen LogP) is 3.59. The van der Waals surface area contributed by atoms with E-state index in [-0.39, 0.29) is 26.3 Å². The molecule has 0 atom stereocenters. The number of carbonyl (C=O) groups is 1. The maximum absolute atomic E-state index is 12.8. The van der Waals surface area contributed by atoms with Crippen molar-refractivity contribution in [3.05, 3.63) is 84.6 Å². The van der Waals surface area contributed by atoms with E-state index < -0.39 is 26.0 Å². The van der Waals surface area contributed by atoms with Gasteiger partial charge in [0.2, 0.25) is 10.0 Å². The van der Waals surface area contributed by atoms with Crippen LogP contribution in [0.15, 0.2) is 88.8 Å². The largest absolute Gasteiger partial charge is 0.332 e. The van der Waals surface area contributed by atoms with Gasteiger partial charge in [0.1, 0.15) is 0 Å². The summed E-state index contributed by atoms with van der Waals surface area (Å²) in [6, 6.07) is 18.4. The lowest BCUT2D eigenvalue weighted by Crippen LogP contribution is -2.34. The number of para-hydroxylation sites is 2.